The van der Waals surface area contributed by atoms with Crippen LogP contribution in [0.4, 0.5) is 5.95 Å². The molecule has 7 nitrogen and oxygen atoms in total. The molecule has 0 spiro atoms. The number of thioether (sulfide) groups is 1. The number of anilines is 1. The average Bonchev–Trinajstić information content (AvgIpc) is 3.25. The highest BCUT2D eigenvalue weighted by Crippen LogP contribution is 2.42. The van der Waals surface area contributed by atoms with Crippen LogP contribution in [0.15, 0.2) is 63.4 Å². The molecule has 0 bridgehead atoms. The summed E-state index contributed by atoms with van der Waals surface area (Å²) in [6.07, 6.45) is 2.22. The van der Waals surface area contributed by atoms with Gasteiger partial charge in [0.2, 0.25) is 11.1 Å². The van der Waals surface area contributed by atoms with Gasteiger partial charge in [-0.15, -0.1) is 5.10 Å². The van der Waals surface area contributed by atoms with Crippen LogP contribution in [0.25, 0.3) is 0 Å². The number of aromatic nitrogens is 3. The summed E-state index contributed by atoms with van der Waals surface area (Å²) >= 11 is 5.05. The zero-order valence-corrected chi connectivity index (χ0v) is 22.1. The Bertz CT molecular complexity index is 1270. The zero-order chi connectivity index (χ0) is 24.4. The van der Waals surface area contributed by atoms with Crippen LogP contribution in [0, 0.1) is 0 Å². The highest BCUT2D eigenvalue weighted by molar-refractivity contribution is 9.10. The van der Waals surface area contributed by atoms with Gasteiger partial charge in [-0.25, -0.2) is 4.68 Å². The van der Waals surface area contributed by atoms with Crippen LogP contribution in [-0.2, 0) is 11.4 Å². The summed E-state index contributed by atoms with van der Waals surface area (Å²) in [6.45, 7) is 4.95. The number of benzene rings is 2. The third kappa shape index (κ3) is 4.97. The second kappa shape index (κ2) is 10.5. The van der Waals surface area contributed by atoms with Crippen LogP contribution in [0.3, 0.4) is 0 Å². The van der Waals surface area contributed by atoms with Crippen molar-refractivity contribution in [3.8, 4) is 11.5 Å². The second-order valence-electron chi connectivity index (χ2n) is 8.35. The Kier molecular flexibility index (Phi) is 7.15. The summed E-state index contributed by atoms with van der Waals surface area (Å²) in [6, 6.07) is 13.6. The molecule has 0 radical (unpaired) electrons. The normalized spacial score (nSPS) is 17.0. The number of ether oxygens (including phenoxy) is 2. The number of halogens is 1. The minimum Gasteiger partial charge on any atom is -0.490 e. The summed E-state index contributed by atoms with van der Waals surface area (Å²) in [5, 5.41) is 8.83. The molecule has 35 heavy (non-hydrogen) atoms. The van der Waals surface area contributed by atoms with Crippen molar-refractivity contribution in [2.24, 2.45) is 0 Å². The van der Waals surface area contributed by atoms with Gasteiger partial charge in [-0.05, 0) is 60.9 Å². The molecule has 2 aromatic carbocycles. The predicted molar refractivity (Wildman–Crippen MR) is 140 cm³/mol. The molecule has 1 N–H and O–H groups in total. The molecule has 0 fully saturated rings. The van der Waals surface area contributed by atoms with Crippen molar-refractivity contribution in [3.05, 3.63) is 69.3 Å². The minimum absolute atomic E-state index is 0.156. The lowest BCUT2D eigenvalue weighted by Gasteiger charge is -2.32. The number of fused-ring (bicyclic) bond motifs is 1. The Morgan fingerprint density at radius 2 is 1.94 bits per heavy atom. The molecule has 2 aliphatic rings. The number of carbonyl (C=O) groups excluding carboxylic acids is 1. The number of hydrogen-bond donors (Lipinski definition) is 1. The van der Waals surface area contributed by atoms with E-state index in [0.29, 0.717) is 42.2 Å². The maximum absolute atomic E-state index is 13.1. The topological polar surface area (TPSA) is 78.3 Å². The fraction of sp³-hybridized carbons (Fsp3) is 0.346. The quantitative estimate of drug-likeness (QED) is 0.334. The summed E-state index contributed by atoms with van der Waals surface area (Å²) in [7, 11) is 0. The monoisotopic (exact) mass is 554 g/mol. The molecule has 0 amide bonds. The average molecular weight is 555 g/mol. The Balaban J connectivity index is 1.51. The van der Waals surface area contributed by atoms with Crippen LogP contribution in [0.1, 0.15) is 50.3 Å². The molecule has 1 aromatic heterocycles. The molecule has 182 valence electrons. The number of rotatable bonds is 8. The fourth-order valence-corrected chi connectivity index (χ4v) is 5.28. The number of carbonyl (C=O) groups is 1. The molecular formula is C26H27BrN4O3S. The van der Waals surface area contributed by atoms with Gasteiger partial charge < -0.3 is 14.8 Å². The van der Waals surface area contributed by atoms with Crippen LogP contribution in [-0.4, -0.2) is 32.9 Å². The molecular weight excluding hydrogens is 528 g/mol. The number of nitrogens with zero attached hydrogens (tertiary/aromatic N) is 3. The SMILES string of the molecule is CCOc1cc(C2C3=C(CCCC3=O)Nc3nc(SCC)nn32)ccc1OCc1ccc(Br)cc1. The number of nitrogens with one attached hydrogen (secondary N) is 1. The first kappa shape index (κ1) is 23.9. The predicted octanol–water partition coefficient (Wildman–Crippen LogP) is 6.15. The standard InChI is InChI=1S/C26H27BrN4O3S/c1-3-33-22-14-17(10-13-21(22)34-15-16-8-11-18(27)12-9-16)24-23-19(6-5-7-20(23)32)28-25-29-26(35-4-2)30-31(24)25/h8-14,24H,3-7,15H2,1-2H3,(H,28,29,30). The van der Waals surface area contributed by atoms with E-state index < -0.39 is 0 Å². The Labute approximate surface area is 217 Å². The molecule has 1 unspecified atom stereocenters. The van der Waals surface area contributed by atoms with E-state index in [0.717, 1.165) is 45.5 Å². The van der Waals surface area contributed by atoms with Crippen molar-refractivity contribution in [3.63, 3.8) is 0 Å². The van der Waals surface area contributed by atoms with Crippen LogP contribution in [0.2, 0.25) is 0 Å². The molecule has 2 heterocycles. The molecule has 1 aliphatic carbocycles. The first-order chi connectivity index (χ1) is 17.1. The highest BCUT2D eigenvalue weighted by atomic mass is 79.9. The van der Waals surface area contributed by atoms with Crippen LogP contribution in [0.5, 0.6) is 11.5 Å². The zero-order valence-electron chi connectivity index (χ0n) is 19.7. The Morgan fingerprint density at radius 1 is 1.11 bits per heavy atom. The Morgan fingerprint density at radius 3 is 2.71 bits per heavy atom. The van der Waals surface area contributed by atoms with E-state index in [1.165, 1.54) is 0 Å². The maximum Gasteiger partial charge on any atom is 0.227 e. The van der Waals surface area contributed by atoms with E-state index in [-0.39, 0.29) is 11.8 Å². The number of hydrogen-bond acceptors (Lipinski definition) is 7. The molecule has 1 aliphatic heterocycles. The van der Waals surface area contributed by atoms with Crippen LogP contribution < -0.4 is 14.8 Å². The van der Waals surface area contributed by atoms with Gasteiger partial charge in [-0.3, -0.25) is 4.79 Å². The van der Waals surface area contributed by atoms with Crippen molar-refractivity contribution in [1.82, 2.24) is 14.8 Å². The lowest BCUT2D eigenvalue weighted by molar-refractivity contribution is -0.116. The minimum atomic E-state index is -0.354. The van der Waals surface area contributed by atoms with Crippen LogP contribution >= 0.6 is 27.7 Å². The first-order valence-electron chi connectivity index (χ1n) is 11.8. The van der Waals surface area contributed by atoms with E-state index in [2.05, 4.69) is 33.2 Å². The Hall–Kier alpha value is -2.78. The van der Waals surface area contributed by atoms with Gasteiger partial charge in [-0.2, -0.15) is 4.98 Å². The van der Waals surface area contributed by atoms with Crippen molar-refractivity contribution < 1.29 is 14.3 Å². The second-order valence-corrected chi connectivity index (χ2v) is 10.5. The first-order valence-corrected chi connectivity index (χ1v) is 13.6. The van der Waals surface area contributed by atoms with Crippen molar-refractivity contribution in [2.45, 2.75) is 50.9 Å². The summed E-state index contributed by atoms with van der Waals surface area (Å²) in [5.74, 6) is 3.02. The van der Waals surface area contributed by atoms with Gasteiger partial charge in [0, 0.05) is 22.2 Å². The maximum atomic E-state index is 13.1. The molecule has 5 rings (SSSR count). The third-order valence-electron chi connectivity index (χ3n) is 6.01. The number of Topliss-reactive ketones (excluding diaryl/α,β-unsaturated/α-hetero) is 1. The van der Waals surface area contributed by atoms with E-state index in [4.69, 9.17) is 14.6 Å². The smallest absolute Gasteiger partial charge is 0.227 e. The molecule has 0 saturated carbocycles. The number of allylic oxidation sites excluding steroid dienone is 2. The lowest BCUT2D eigenvalue weighted by atomic mass is 9.85. The van der Waals surface area contributed by atoms with E-state index >= 15 is 0 Å². The van der Waals surface area contributed by atoms with Crippen molar-refractivity contribution in [1.29, 1.82) is 0 Å². The van der Waals surface area contributed by atoms with E-state index in [9.17, 15) is 4.79 Å². The van der Waals surface area contributed by atoms with Gasteiger partial charge >= 0.3 is 0 Å². The molecule has 3 aromatic rings. The van der Waals surface area contributed by atoms with Gasteiger partial charge in [0.1, 0.15) is 12.6 Å². The molecule has 1 atom stereocenters. The highest BCUT2D eigenvalue weighted by Gasteiger charge is 2.37. The largest absolute Gasteiger partial charge is 0.490 e. The molecule has 9 heteroatoms. The van der Waals surface area contributed by atoms with Crippen molar-refractivity contribution in [2.75, 3.05) is 17.7 Å². The van der Waals surface area contributed by atoms with Gasteiger partial charge in [0.05, 0.1) is 6.61 Å². The van der Waals surface area contributed by atoms with Gasteiger partial charge in [0.15, 0.2) is 17.3 Å². The van der Waals surface area contributed by atoms with Gasteiger partial charge in [0.25, 0.3) is 0 Å². The summed E-state index contributed by atoms with van der Waals surface area (Å²) in [5.41, 5.74) is 3.71. The van der Waals surface area contributed by atoms with Gasteiger partial charge in [-0.1, -0.05) is 52.8 Å². The lowest BCUT2D eigenvalue weighted by Crippen LogP contribution is -2.31. The third-order valence-corrected chi connectivity index (χ3v) is 7.26. The summed E-state index contributed by atoms with van der Waals surface area (Å²) < 4.78 is 15.0. The van der Waals surface area contributed by atoms with E-state index in [1.54, 1.807) is 11.8 Å². The van der Waals surface area contributed by atoms with E-state index in [1.807, 2.05) is 54.1 Å². The fourth-order valence-electron chi connectivity index (χ4n) is 4.46. The summed E-state index contributed by atoms with van der Waals surface area (Å²) in [4.78, 5) is 17.8. The number of ketones is 1. The molecule has 0 saturated heterocycles. The van der Waals surface area contributed by atoms with Crippen molar-refractivity contribution >= 4 is 39.4 Å².